The summed E-state index contributed by atoms with van der Waals surface area (Å²) in [5.74, 6) is -1.27. The van der Waals surface area contributed by atoms with Crippen molar-refractivity contribution in [2.24, 2.45) is 5.92 Å². The molecule has 0 saturated carbocycles. The van der Waals surface area contributed by atoms with Crippen molar-refractivity contribution in [3.63, 3.8) is 0 Å². The van der Waals surface area contributed by atoms with Crippen LogP contribution in [0, 0.1) is 5.92 Å². The van der Waals surface area contributed by atoms with Gasteiger partial charge in [-0.25, -0.2) is 4.79 Å². The Morgan fingerprint density at radius 2 is 1.94 bits per heavy atom. The second kappa shape index (κ2) is 6.83. The van der Waals surface area contributed by atoms with E-state index in [1.165, 1.54) is 0 Å². The van der Waals surface area contributed by atoms with Crippen molar-refractivity contribution in [3.8, 4) is 0 Å². The summed E-state index contributed by atoms with van der Waals surface area (Å²) in [7, 11) is 0. The summed E-state index contributed by atoms with van der Waals surface area (Å²) >= 11 is 0. The van der Waals surface area contributed by atoms with Gasteiger partial charge in [0.25, 0.3) is 0 Å². The molecule has 1 N–H and O–H groups in total. The number of nitrogens with zero attached hydrogens (tertiary/aromatic N) is 2. The van der Waals surface area contributed by atoms with Crippen molar-refractivity contribution in [1.82, 2.24) is 9.80 Å². The highest BCUT2D eigenvalue weighted by molar-refractivity contribution is 5.77. The summed E-state index contributed by atoms with van der Waals surface area (Å²) in [5, 5.41) is 9.00. The first-order chi connectivity index (χ1) is 8.60. The zero-order chi connectivity index (χ0) is 13.5. The molecule has 100 valence electrons. The molecule has 5 heteroatoms. The first kappa shape index (κ1) is 14.3. The monoisotopic (exact) mass is 252 g/mol. The lowest BCUT2D eigenvalue weighted by Gasteiger charge is -2.34. The minimum absolute atomic E-state index is 0.138. The Labute approximate surface area is 107 Å². The number of carboxylic acids is 1. The molecule has 0 aromatic heterocycles. The maximum Gasteiger partial charge on any atom is 0.320 e. The molecule has 1 fully saturated rings. The molecule has 1 rings (SSSR count). The van der Waals surface area contributed by atoms with Crippen LogP contribution >= 0.6 is 0 Å². The minimum Gasteiger partial charge on any atom is -0.481 e. The van der Waals surface area contributed by atoms with Gasteiger partial charge in [0.15, 0.2) is 0 Å². The van der Waals surface area contributed by atoms with Gasteiger partial charge in [-0.1, -0.05) is 12.2 Å². The number of hydrogen-bond donors (Lipinski definition) is 1. The smallest absolute Gasteiger partial charge is 0.320 e. The maximum absolute atomic E-state index is 12.2. The fourth-order valence-electron chi connectivity index (χ4n) is 2.09. The third-order valence-corrected chi connectivity index (χ3v) is 3.01. The average molecular weight is 252 g/mol. The van der Waals surface area contributed by atoms with Gasteiger partial charge in [-0.2, -0.15) is 0 Å². The van der Waals surface area contributed by atoms with E-state index in [0.29, 0.717) is 32.6 Å². The first-order valence-corrected chi connectivity index (χ1v) is 6.08. The molecule has 0 radical (unpaired) electrons. The van der Waals surface area contributed by atoms with Crippen LogP contribution in [-0.4, -0.2) is 53.1 Å². The highest BCUT2D eigenvalue weighted by Gasteiger charge is 2.29. The summed E-state index contributed by atoms with van der Waals surface area (Å²) < 4.78 is 0. The second-order valence-electron chi connectivity index (χ2n) is 4.39. The van der Waals surface area contributed by atoms with Crippen LogP contribution in [0.3, 0.4) is 0 Å². The van der Waals surface area contributed by atoms with Crippen LogP contribution in [0.25, 0.3) is 0 Å². The molecule has 0 unspecified atom stereocenters. The maximum atomic E-state index is 12.2. The summed E-state index contributed by atoms with van der Waals surface area (Å²) in [4.78, 5) is 26.4. The van der Waals surface area contributed by atoms with E-state index in [1.54, 1.807) is 22.0 Å². The van der Waals surface area contributed by atoms with Crippen LogP contribution in [-0.2, 0) is 4.79 Å². The summed E-state index contributed by atoms with van der Waals surface area (Å²) in [6.07, 6.45) is 4.68. The molecule has 0 aliphatic carbocycles. The predicted octanol–water partition coefficient (Wildman–Crippen LogP) is 1.58. The zero-order valence-electron chi connectivity index (χ0n) is 10.5. The van der Waals surface area contributed by atoms with Gasteiger partial charge in [-0.05, 0) is 12.8 Å². The molecule has 0 spiro atoms. The highest BCUT2D eigenvalue weighted by atomic mass is 16.4. The Morgan fingerprint density at radius 3 is 2.44 bits per heavy atom. The van der Waals surface area contributed by atoms with Gasteiger partial charge in [-0.3, -0.25) is 4.79 Å². The van der Waals surface area contributed by atoms with Gasteiger partial charge in [0.05, 0.1) is 5.92 Å². The van der Waals surface area contributed by atoms with Crippen molar-refractivity contribution in [1.29, 1.82) is 0 Å². The normalized spacial score (nSPS) is 19.1. The molecule has 2 amide bonds. The first-order valence-electron chi connectivity index (χ1n) is 6.08. The van der Waals surface area contributed by atoms with E-state index in [4.69, 9.17) is 5.11 Å². The minimum atomic E-state index is -0.827. The zero-order valence-corrected chi connectivity index (χ0v) is 10.5. The number of likely N-dealkylation sites (tertiary alicyclic amines) is 1. The average Bonchev–Trinajstić information content (AvgIpc) is 2.38. The molecule has 1 saturated heterocycles. The van der Waals surface area contributed by atoms with Crippen LogP contribution in [0.15, 0.2) is 25.3 Å². The van der Waals surface area contributed by atoms with Crippen molar-refractivity contribution in [3.05, 3.63) is 25.3 Å². The van der Waals surface area contributed by atoms with Gasteiger partial charge >= 0.3 is 12.0 Å². The number of urea groups is 1. The molecular weight excluding hydrogens is 232 g/mol. The molecule has 0 aromatic carbocycles. The second-order valence-corrected chi connectivity index (χ2v) is 4.39. The van der Waals surface area contributed by atoms with Crippen molar-refractivity contribution in [2.45, 2.75) is 12.8 Å². The van der Waals surface area contributed by atoms with Crippen LogP contribution < -0.4 is 0 Å². The summed E-state index contributed by atoms with van der Waals surface area (Å²) in [6, 6.07) is -0.138. The molecule has 5 nitrogen and oxygen atoms in total. The van der Waals surface area contributed by atoms with Gasteiger partial charge in [-0.15, -0.1) is 13.2 Å². The Morgan fingerprint density at radius 1 is 1.33 bits per heavy atom. The lowest BCUT2D eigenvalue weighted by Crippen LogP contribution is -2.48. The Balaban J connectivity index is 2.65. The van der Waals surface area contributed by atoms with E-state index in [9.17, 15) is 9.59 Å². The molecular formula is C13H20N2O3. The fraction of sp³-hybridized carbons (Fsp3) is 0.538. The third kappa shape index (κ3) is 3.61. The SMILES string of the molecule is C=CCN(CC=C)C(=O)N1CCC[C@@H](C(=O)O)C1. The van der Waals surface area contributed by atoms with E-state index >= 15 is 0 Å². The number of hydrogen-bond acceptors (Lipinski definition) is 2. The van der Waals surface area contributed by atoms with Crippen LogP contribution in [0.1, 0.15) is 12.8 Å². The van der Waals surface area contributed by atoms with E-state index in [1.807, 2.05) is 0 Å². The highest BCUT2D eigenvalue weighted by Crippen LogP contribution is 2.18. The number of aliphatic carboxylic acids is 1. The topological polar surface area (TPSA) is 60.9 Å². The van der Waals surface area contributed by atoms with Crippen molar-refractivity contribution >= 4 is 12.0 Å². The van der Waals surface area contributed by atoms with Crippen LogP contribution in [0.2, 0.25) is 0 Å². The third-order valence-electron chi connectivity index (χ3n) is 3.01. The van der Waals surface area contributed by atoms with Gasteiger partial charge < -0.3 is 14.9 Å². The molecule has 1 aliphatic heterocycles. The van der Waals surface area contributed by atoms with Gasteiger partial charge in [0.2, 0.25) is 0 Å². The molecule has 0 aromatic rings. The number of rotatable bonds is 5. The standard InChI is InChI=1S/C13H20N2O3/c1-3-7-14(8-4-2)13(18)15-9-5-6-11(10-15)12(16)17/h3-4,11H,1-2,5-10H2,(H,16,17)/t11-/m1/s1. The Hall–Kier alpha value is -1.78. The number of carbonyl (C=O) groups excluding carboxylic acids is 1. The van der Waals surface area contributed by atoms with Crippen molar-refractivity contribution < 1.29 is 14.7 Å². The number of piperidine rings is 1. The molecule has 1 aliphatic rings. The number of carbonyl (C=O) groups is 2. The lowest BCUT2D eigenvalue weighted by molar-refractivity contribution is -0.143. The predicted molar refractivity (Wildman–Crippen MR) is 69.3 cm³/mol. The van der Waals surface area contributed by atoms with E-state index in [-0.39, 0.29) is 6.03 Å². The van der Waals surface area contributed by atoms with Gasteiger partial charge in [0, 0.05) is 26.2 Å². The largest absolute Gasteiger partial charge is 0.481 e. The molecule has 0 bridgehead atoms. The van der Waals surface area contributed by atoms with E-state index < -0.39 is 11.9 Å². The van der Waals surface area contributed by atoms with Crippen LogP contribution in [0.4, 0.5) is 4.79 Å². The fourth-order valence-corrected chi connectivity index (χ4v) is 2.09. The molecule has 1 heterocycles. The number of carboxylic acid groups (broad SMARTS) is 1. The Kier molecular flexibility index (Phi) is 5.42. The summed E-state index contributed by atoms with van der Waals surface area (Å²) in [6.45, 7) is 9.02. The molecule has 18 heavy (non-hydrogen) atoms. The van der Waals surface area contributed by atoms with Crippen molar-refractivity contribution in [2.75, 3.05) is 26.2 Å². The summed E-state index contributed by atoms with van der Waals surface area (Å²) in [5.41, 5.74) is 0. The van der Waals surface area contributed by atoms with E-state index in [2.05, 4.69) is 13.2 Å². The van der Waals surface area contributed by atoms with Crippen LogP contribution in [0.5, 0.6) is 0 Å². The molecule has 1 atom stereocenters. The number of amides is 2. The van der Waals surface area contributed by atoms with E-state index in [0.717, 1.165) is 6.42 Å². The quantitative estimate of drug-likeness (QED) is 0.756. The van der Waals surface area contributed by atoms with Gasteiger partial charge in [0.1, 0.15) is 0 Å². The lowest BCUT2D eigenvalue weighted by atomic mass is 9.99. The Bertz CT molecular complexity index is 331.